The van der Waals surface area contributed by atoms with Gasteiger partial charge in [-0.1, -0.05) is 73.7 Å². The Bertz CT molecular complexity index is 2410. The topological polar surface area (TPSA) is 168 Å². The van der Waals surface area contributed by atoms with Gasteiger partial charge in [-0.3, -0.25) is 9.69 Å². The molecule has 63 heavy (non-hydrogen) atoms. The summed E-state index contributed by atoms with van der Waals surface area (Å²) in [6, 6.07) is 28.9. The van der Waals surface area contributed by atoms with Gasteiger partial charge in [0.25, 0.3) is 0 Å². The molecule has 0 saturated heterocycles. The SMILES string of the molecule is CC(C)[NH+]1C(/C=C/[C@H](O)C[C@H](O)CC(=O)O)=C(c2ccc(F)cc2)c2ccccc21.CCC(C(=O)[O-])[C@@H](O)C[C@@H](O)/C=C/c1c(-c2ccc(F)cc2)c2ccccc2n1C(C)C.[Na+]. The Morgan fingerprint density at radius 2 is 1.32 bits per heavy atom. The number of aliphatic hydroxyl groups is 4. The molecule has 2 unspecified atom stereocenters. The summed E-state index contributed by atoms with van der Waals surface area (Å²) in [4.78, 5) is 23.0. The molecule has 0 radical (unpaired) electrons. The summed E-state index contributed by atoms with van der Waals surface area (Å²) in [7, 11) is 0. The van der Waals surface area contributed by atoms with Gasteiger partial charge in [-0.15, -0.1) is 0 Å². The van der Waals surface area contributed by atoms with Gasteiger partial charge < -0.3 is 40.0 Å². The Morgan fingerprint density at radius 3 is 1.89 bits per heavy atom. The maximum absolute atomic E-state index is 13.6. The fourth-order valence-corrected chi connectivity index (χ4v) is 8.14. The van der Waals surface area contributed by atoms with Crippen LogP contribution in [0.5, 0.6) is 0 Å². The first kappa shape index (κ1) is 50.9. The summed E-state index contributed by atoms with van der Waals surface area (Å²) in [5.41, 5.74) is 8.54. The van der Waals surface area contributed by atoms with Gasteiger partial charge in [0.05, 0.1) is 42.5 Å². The third-order valence-electron chi connectivity index (χ3n) is 10.9. The summed E-state index contributed by atoms with van der Waals surface area (Å²) in [6.07, 6.45) is 2.02. The van der Waals surface area contributed by atoms with Crippen molar-refractivity contribution in [3.05, 3.63) is 149 Å². The minimum atomic E-state index is -1.32. The van der Waals surface area contributed by atoms with E-state index in [0.29, 0.717) is 0 Å². The van der Waals surface area contributed by atoms with Gasteiger partial charge in [-0.05, 0) is 93.8 Å². The number of allylic oxidation sites excluding steroid dienone is 1. The molecule has 0 bridgehead atoms. The number of carbonyl (C=O) groups is 2. The van der Waals surface area contributed by atoms with Crippen LogP contribution in [0.1, 0.15) is 83.2 Å². The van der Waals surface area contributed by atoms with Crippen LogP contribution in [0.15, 0.2) is 121 Å². The minimum absolute atomic E-state index is 0. The van der Waals surface area contributed by atoms with Gasteiger partial charge in [-0.25, -0.2) is 8.78 Å². The van der Waals surface area contributed by atoms with Crippen molar-refractivity contribution < 1.29 is 83.5 Å². The maximum atomic E-state index is 13.6. The van der Waals surface area contributed by atoms with Crippen LogP contribution in [0.2, 0.25) is 0 Å². The van der Waals surface area contributed by atoms with Gasteiger partial charge in [0, 0.05) is 64.6 Å². The molecule has 10 nitrogen and oxygen atoms in total. The normalized spacial score (nSPS) is 16.2. The number of fused-ring (bicyclic) bond motifs is 2. The zero-order valence-corrected chi connectivity index (χ0v) is 38.6. The minimum Gasteiger partial charge on any atom is -0.550 e. The molecule has 6 atom stereocenters. The summed E-state index contributed by atoms with van der Waals surface area (Å²) in [5, 5.41) is 61.8. The Morgan fingerprint density at radius 1 is 0.762 bits per heavy atom. The standard InChI is InChI=1S/C26H30FNO4.C24H26FNO4.Na/c1-4-20(26(31)32)24(30)15-19(29)13-14-23-25(17-9-11-18(27)12-10-17)21-7-5-6-8-22(21)28(23)16(2)3;1-15(2)26-21-6-4-3-5-20(21)24(16-7-9-17(25)10-8-16)22(26)12-11-18(27)13-19(28)14-23(29)30;/h5-14,16,19-20,24,29-30H,4,15H2,1-3H3,(H,31,32);3-12,15,18-19,27-28H,13-14H2,1-2H3,(H,29,30);/q;;+1/b14-13+;12-11+;/t19-,20?,24-;18-,19-;/m00./s1. The third kappa shape index (κ3) is 12.7. The predicted molar refractivity (Wildman–Crippen MR) is 235 cm³/mol. The van der Waals surface area contributed by atoms with E-state index in [4.69, 9.17) is 5.11 Å². The van der Waals surface area contributed by atoms with E-state index in [9.17, 15) is 43.9 Å². The molecule has 328 valence electrons. The Kier molecular flexibility index (Phi) is 18.8. The number of carboxylic acid groups (broad SMARTS) is 2. The van der Waals surface area contributed by atoms with Crippen molar-refractivity contribution in [1.82, 2.24) is 4.57 Å². The van der Waals surface area contributed by atoms with E-state index in [-0.39, 0.29) is 72.5 Å². The number of nitrogens with one attached hydrogen (secondary N) is 1. The number of hydrogen-bond acceptors (Lipinski definition) is 7. The summed E-state index contributed by atoms with van der Waals surface area (Å²) in [6.45, 7) is 9.97. The molecule has 0 fully saturated rings. The maximum Gasteiger partial charge on any atom is 1.00 e. The zero-order valence-electron chi connectivity index (χ0n) is 36.6. The second kappa shape index (κ2) is 23.3. The number of carboxylic acids is 2. The van der Waals surface area contributed by atoms with Crippen LogP contribution >= 0.6 is 0 Å². The smallest absolute Gasteiger partial charge is 0.550 e. The summed E-state index contributed by atoms with van der Waals surface area (Å²) < 4.78 is 29.2. The van der Waals surface area contributed by atoms with Crippen LogP contribution in [0, 0.1) is 17.6 Å². The van der Waals surface area contributed by atoms with Crippen LogP contribution in [-0.2, 0) is 9.59 Å². The van der Waals surface area contributed by atoms with Crippen molar-refractivity contribution in [2.75, 3.05) is 0 Å². The molecule has 5 aromatic rings. The van der Waals surface area contributed by atoms with E-state index in [1.807, 2.05) is 48.5 Å². The molecule has 6 N–H and O–H groups in total. The Hall–Kier alpha value is -4.76. The molecule has 0 aliphatic carbocycles. The molecular formula is C50H56F2N2NaO8+. The molecule has 2 heterocycles. The number of aromatic nitrogens is 1. The number of quaternary nitrogens is 1. The largest absolute Gasteiger partial charge is 1.00 e. The number of carbonyl (C=O) groups excluding carboxylic acids is 1. The molecule has 0 saturated carbocycles. The quantitative estimate of drug-likeness (QED) is 0.0772. The van der Waals surface area contributed by atoms with Crippen LogP contribution < -0.4 is 39.6 Å². The number of hydrogen-bond donors (Lipinski definition) is 6. The van der Waals surface area contributed by atoms with Gasteiger partial charge in [0.15, 0.2) is 0 Å². The van der Waals surface area contributed by atoms with Crippen LogP contribution in [0.3, 0.4) is 0 Å². The molecule has 0 spiro atoms. The van der Waals surface area contributed by atoms with Gasteiger partial charge in [0.1, 0.15) is 23.0 Å². The van der Waals surface area contributed by atoms with E-state index >= 15 is 0 Å². The van der Waals surface area contributed by atoms with Gasteiger partial charge in [0.2, 0.25) is 0 Å². The number of benzene rings is 4. The molecule has 6 rings (SSSR count). The second-order valence-corrected chi connectivity index (χ2v) is 16.1. The molecule has 13 heteroatoms. The molecule has 0 amide bonds. The average Bonchev–Trinajstić information content (AvgIpc) is 3.73. The van der Waals surface area contributed by atoms with Gasteiger partial charge >= 0.3 is 35.5 Å². The summed E-state index contributed by atoms with van der Waals surface area (Å²) in [5.74, 6) is -4.09. The van der Waals surface area contributed by atoms with E-state index in [1.54, 1.807) is 49.4 Å². The number of aliphatic hydroxyl groups excluding tert-OH is 4. The van der Waals surface area contributed by atoms with E-state index < -0.39 is 48.7 Å². The van der Waals surface area contributed by atoms with Crippen LogP contribution in [0.4, 0.5) is 14.5 Å². The molecule has 4 aromatic carbocycles. The predicted octanol–water partition coefficient (Wildman–Crippen LogP) is 3.60. The molecule has 1 aromatic heterocycles. The molecule has 1 aliphatic rings. The second-order valence-electron chi connectivity index (χ2n) is 16.1. The van der Waals surface area contributed by atoms with E-state index in [2.05, 4.69) is 38.3 Å². The first-order chi connectivity index (χ1) is 29.5. The van der Waals surface area contributed by atoms with Crippen molar-refractivity contribution in [2.45, 2.75) is 96.8 Å². The van der Waals surface area contributed by atoms with Crippen molar-refractivity contribution in [3.63, 3.8) is 0 Å². The number of aliphatic carboxylic acids is 2. The summed E-state index contributed by atoms with van der Waals surface area (Å²) >= 11 is 0. The first-order valence-corrected chi connectivity index (χ1v) is 20.9. The monoisotopic (exact) mass is 873 g/mol. The average molecular weight is 874 g/mol. The number of halogens is 2. The fourth-order valence-electron chi connectivity index (χ4n) is 8.14. The molecular weight excluding hydrogens is 818 g/mol. The fraction of sp³-hybridized carbons (Fsp3) is 0.320. The zero-order chi connectivity index (χ0) is 45.2. The van der Waals surface area contributed by atoms with Crippen LogP contribution in [0.25, 0.3) is 33.7 Å². The van der Waals surface area contributed by atoms with Gasteiger partial charge in [-0.2, -0.15) is 0 Å². The Labute approximate surface area is 389 Å². The molecule has 1 aliphatic heterocycles. The third-order valence-corrected chi connectivity index (χ3v) is 10.9. The van der Waals surface area contributed by atoms with Crippen LogP contribution in [-0.4, -0.2) is 72.5 Å². The number of rotatable bonds is 17. The van der Waals surface area contributed by atoms with E-state index in [1.165, 1.54) is 24.3 Å². The van der Waals surface area contributed by atoms with E-state index in [0.717, 1.165) is 60.7 Å². The van der Waals surface area contributed by atoms with Crippen molar-refractivity contribution in [2.24, 2.45) is 5.92 Å². The van der Waals surface area contributed by atoms with Crippen molar-refractivity contribution >= 4 is 40.2 Å². The van der Waals surface area contributed by atoms with Crippen molar-refractivity contribution in [1.29, 1.82) is 0 Å². The number of nitrogens with zero attached hydrogens (tertiary/aromatic N) is 1. The van der Waals surface area contributed by atoms with Crippen molar-refractivity contribution in [3.8, 4) is 11.1 Å². The number of para-hydroxylation sites is 2. The first-order valence-electron chi connectivity index (χ1n) is 20.9. The Balaban J connectivity index is 0.000000273.